The molecule has 1 aliphatic heterocycles. The first-order chi connectivity index (χ1) is 12.0. The Kier molecular flexibility index (Phi) is 5.14. The highest BCUT2D eigenvalue weighted by molar-refractivity contribution is 9.11. The lowest BCUT2D eigenvalue weighted by atomic mass is 10.2. The Morgan fingerprint density at radius 2 is 1.96 bits per heavy atom. The minimum atomic E-state index is -0.834. The SMILES string of the molecule is O=C(N/N=C/c1cc(Br)c(O)c(Br)c1O)[C@@H]1COc2ccccc2O1. The number of nitrogens with one attached hydrogen (secondary N) is 1. The lowest BCUT2D eigenvalue weighted by molar-refractivity contribution is -0.130. The van der Waals surface area contributed by atoms with Crippen molar-refractivity contribution in [3.05, 3.63) is 44.8 Å². The van der Waals surface area contributed by atoms with Crippen molar-refractivity contribution >= 4 is 44.0 Å². The molecule has 0 aliphatic carbocycles. The van der Waals surface area contributed by atoms with Crippen LogP contribution in [-0.2, 0) is 4.79 Å². The van der Waals surface area contributed by atoms with Gasteiger partial charge in [0.15, 0.2) is 11.5 Å². The van der Waals surface area contributed by atoms with Crippen molar-refractivity contribution in [2.24, 2.45) is 5.10 Å². The number of aromatic hydroxyl groups is 2. The van der Waals surface area contributed by atoms with Gasteiger partial charge in [-0.3, -0.25) is 4.79 Å². The van der Waals surface area contributed by atoms with E-state index in [9.17, 15) is 15.0 Å². The summed E-state index contributed by atoms with van der Waals surface area (Å²) in [6.07, 6.45) is 0.416. The third-order valence-corrected chi connectivity index (χ3v) is 4.73. The average Bonchev–Trinajstić information content (AvgIpc) is 2.63. The second-order valence-electron chi connectivity index (χ2n) is 5.06. The fourth-order valence-electron chi connectivity index (χ4n) is 2.10. The van der Waals surface area contributed by atoms with Crippen LogP contribution >= 0.6 is 31.9 Å². The van der Waals surface area contributed by atoms with Gasteiger partial charge in [-0.2, -0.15) is 5.10 Å². The average molecular weight is 472 g/mol. The molecule has 0 radical (unpaired) electrons. The maximum absolute atomic E-state index is 12.1. The number of nitrogens with zero attached hydrogens (tertiary/aromatic N) is 1. The molecule has 2 aromatic rings. The second kappa shape index (κ2) is 7.32. The highest BCUT2D eigenvalue weighted by Gasteiger charge is 2.27. The van der Waals surface area contributed by atoms with E-state index in [4.69, 9.17) is 9.47 Å². The maximum Gasteiger partial charge on any atom is 0.284 e. The molecule has 9 heteroatoms. The monoisotopic (exact) mass is 470 g/mol. The molecule has 0 aromatic heterocycles. The number of phenols is 2. The van der Waals surface area contributed by atoms with E-state index in [1.54, 1.807) is 18.2 Å². The molecule has 1 amide bonds. The van der Waals surface area contributed by atoms with E-state index in [1.807, 2.05) is 6.07 Å². The molecular formula is C16H12Br2N2O5. The van der Waals surface area contributed by atoms with Gasteiger partial charge in [-0.05, 0) is 50.1 Å². The number of hydrogen-bond acceptors (Lipinski definition) is 6. The molecule has 0 fully saturated rings. The lowest BCUT2D eigenvalue weighted by Gasteiger charge is -2.24. The van der Waals surface area contributed by atoms with Crippen LogP contribution in [0.5, 0.6) is 23.0 Å². The number of amides is 1. The highest BCUT2D eigenvalue weighted by Crippen LogP contribution is 2.40. The number of ether oxygens (including phenoxy) is 2. The summed E-state index contributed by atoms with van der Waals surface area (Å²) in [5.74, 6) is 0.248. The first-order valence-electron chi connectivity index (χ1n) is 7.08. The molecule has 0 saturated carbocycles. The van der Waals surface area contributed by atoms with Crippen LogP contribution in [0.25, 0.3) is 0 Å². The predicted molar refractivity (Wildman–Crippen MR) is 97.3 cm³/mol. The van der Waals surface area contributed by atoms with E-state index < -0.39 is 12.0 Å². The van der Waals surface area contributed by atoms with Gasteiger partial charge in [0.2, 0.25) is 6.10 Å². The molecule has 25 heavy (non-hydrogen) atoms. The van der Waals surface area contributed by atoms with Crippen molar-refractivity contribution in [1.29, 1.82) is 0 Å². The number of carbonyl (C=O) groups is 1. The van der Waals surface area contributed by atoms with Crippen molar-refractivity contribution in [2.75, 3.05) is 6.61 Å². The molecule has 3 rings (SSSR count). The van der Waals surface area contributed by atoms with E-state index in [2.05, 4.69) is 42.4 Å². The first-order valence-corrected chi connectivity index (χ1v) is 8.67. The van der Waals surface area contributed by atoms with Crippen LogP contribution in [0.2, 0.25) is 0 Å². The highest BCUT2D eigenvalue weighted by atomic mass is 79.9. The maximum atomic E-state index is 12.1. The number of para-hydroxylation sites is 2. The Bertz CT molecular complexity index is 857. The van der Waals surface area contributed by atoms with Gasteiger partial charge in [0.1, 0.15) is 22.6 Å². The second-order valence-corrected chi connectivity index (χ2v) is 6.70. The number of benzene rings is 2. The molecule has 0 unspecified atom stereocenters. The molecule has 1 aliphatic rings. The first kappa shape index (κ1) is 17.6. The largest absolute Gasteiger partial charge is 0.506 e. The molecule has 130 valence electrons. The number of carbonyl (C=O) groups excluding carboxylic acids is 1. The molecule has 0 saturated heterocycles. The Balaban J connectivity index is 1.66. The Hall–Kier alpha value is -2.26. The van der Waals surface area contributed by atoms with E-state index in [1.165, 1.54) is 12.3 Å². The summed E-state index contributed by atoms with van der Waals surface area (Å²) in [7, 11) is 0. The predicted octanol–water partition coefficient (Wildman–Crippen LogP) is 2.91. The van der Waals surface area contributed by atoms with Gasteiger partial charge in [0, 0.05) is 5.56 Å². The summed E-state index contributed by atoms with van der Waals surface area (Å²) >= 11 is 6.22. The van der Waals surface area contributed by atoms with Crippen LogP contribution < -0.4 is 14.9 Å². The van der Waals surface area contributed by atoms with Gasteiger partial charge in [-0.15, -0.1) is 0 Å². The van der Waals surface area contributed by atoms with Gasteiger partial charge < -0.3 is 19.7 Å². The van der Waals surface area contributed by atoms with Gasteiger partial charge in [-0.25, -0.2) is 5.43 Å². The van der Waals surface area contributed by atoms with Crippen LogP contribution in [0, 0.1) is 0 Å². The lowest BCUT2D eigenvalue weighted by Crippen LogP contribution is -2.42. The molecular weight excluding hydrogens is 460 g/mol. The molecule has 2 aromatic carbocycles. The molecule has 0 bridgehead atoms. The Morgan fingerprint density at radius 3 is 2.72 bits per heavy atom. The summed E-state index contributed by atoms with van der Waals surface area (Å²) in [6, 6.07) is 8.52. The number of fused-ring (bicyclic) bond motifs is 1. The van der Waals surface area contributed by atoms with Crippen molar-refractivity contribution in [3.63, 3.8) is 0 Å². The quantitative estimate of drug-likeness (QED) is 0.472. The molecule has 7 nitrogen and oxygen atoms in total. The summed E-state index contributed by atoms with van der Waals surface area (Å²) in [5.41, 5.74) is 2.63. The third kappa shape index (κ3) is 3.72. The van der Waals surface area contributed by atoms with Gasteiger partial charge in [-0.1, -0.05) is 12.1 Å². The van der Waals surface area contributed by atoms with Crippen molar-refractivity contribution in [2.45, 2.75) is 6.10 Å². The van der Waals surface area contributed by atoms with Crippen LogP contribution in [0.3, 0.4) is 0 Å². The van der Waals surface area contributed by atoms with E-state index >= 15 is 0 Å². The van der Waals surface area contributed by atoms with Gasteiger partial charge in [0.25, 0.3) is 5.91 Å². The van der Waals surface area contributed by atoms with E-state index in [-0.39, 0.29) is 22.6 Å². The van der Waals surface area contributed by atoms with E-state index in [0.717, 1.165) is 0 Å². The van der Waals surface area contributed by atoms with Crippen molar-refractivity contribution in [1.82, 2.24) is 5.43 Å². The summed E-state index contributed by atoms with van der Waals surface area (Å²) in [4.78, 5) is 12.1. The fourth-order valence-corrected chi connectivity index (χ4v) is 3.25. The molecule has 3 N–H and O–H groups in total. The number of phenolic OH excluding ortho intramolecular Hbond substituents is 2. The number of hydrogen-bond donors (Lipinski definition) is 3. The minimum absolute atomic E-state index is 0.0694. The fraction of sp³-hybridized carbons (Fsp3) is 0.125. The summed E-state index contributed by atoms with van der Waals surface area (Å²) in [5, 5.41) is 23.4. The van der Waals surface area contributed by atoms with Crippen molar-refractivity contribution in [3.8, 4) is 23.0 Å². The van der Waals surface area contributed by atoms with Gasteiger partial charge in [0.05, 0.1) is 10.7 Å². The van der Waals surface area contributed by atoms with Crippen LogP contribution in [0.4, 0.5) is 0 Å². The normalized spacial score (nSPS) is 16.0. The Labute approximate surface area is 159 Å². The standard InChI is InChI=1S/C16H12Br2N2O5/c17-9-5-8(14(21)13(18)15(9)22)6-19-20-16(23)12-7-24-10-3-1-2-4-11(10)25-12/h1-6,12,21-22H,7H2,(H,20,23)/b19-6+/t12-/m0/s1. The van der Waals surface area contributed by atoms with Crippen LogP contribution in [0.1, 0.15) is 5.56 Å². The number of hydrazone groups is 1. The third-order valence-electron chi connectivity index (χ3n) is 3.38. The van der Waals surface area contributed by atoms with Crippen molar-refractivity contribution < 1.29 is 24.5 Å². The summed E-state index contributed by atoms with van der Waals surface area (Å²) < 4.78 is 11.5. The van der Waals surface area contributed by atoms with Crippen LogP contribution in [0.15, 0.2) is 44.4 Å². The zero-order valence-electron chi connectivity index (χ0n) is 12.6. The smallest absolute Gasteiger partial charge is 0.284 e. The Morgan fingerprint density at radius 1 is 1.24 bits per heavy atom. The molecule has 1 heterocycles. The minimum Gasteiger partial charge on any atom is -0.506 e. The zero-order valence-corrected chi connectivity index (χ0v) is 15.7. The van der Waals surface area contributed by atoms with Gasteiger partial charge >= 0.3 is 0 Å². The van der Waals surface area contributed by atoms with Crippen LogP contribution in [-0.4, -0.2) is 35.0 Å². The number of rotatable bonds is 3. The zero-order chi connectivity index (χ0) is 18.0. The number of halogens is 2. The summed E-state index contributed by atoms with van der Waals surface area (Å²) in [6.45, 7) is 0.0694. The molecule has 0 spiro atoms. The topological polar surface area (TPSA) is 100 Å². The molecule has 1 atom stereocenters. The van der Waals surface area contributed by atoms with E-state index in [0.29, 0.717) is 21.5 Å².